The number of nitrogens with zero attached hydrogens (tertiary/aromatic N) is 1. The van der Waals surface area contributed by atoms with Crippen molar-refractivity contribution in [1.82, 2.24) is 4.90 Å². The molecule has 0 bridgehead atoms. The molecule has 0 aromatic carbocycles. The predicted molar refractivity (Wildman–Crippen MR) is 52.8 cm³/mol. The van der Waals surface area contributed by atoms with Crippen molar-refractivity contribution in [2.45, 2.75) is 19.8 Å². The highest BCUT2D eigenvalue weighted by Crippen LogP contribution is 1.97. The third kappa shape index (κ3) is 5.18. The van der Waals surface area contributed by atoms with E-state index in [0.717, 1.165) is 17.7 Å². The fourth-order valence-corrected chi connectivity index (χ4v) is 0.915. The highest BCUT2D eigenvalue weighted by molar-refractivity contribution is 5.69. The Bertz CT molecular complexity index is 226. The Balaban J connectivity index is 4.14. The summed E-state index contributed by atoms with van der Waals surface area (Å²) in [5.74, 6) is 0. The van der Waals surface area contributed by atoms with Gasteiger partial charge in [0, 0.05) is 5.70 Å². The van der Waals surface area contributed by atoms with E-state index in [2.05, 4.69) is 0 Å². The second kappa shape index (κ2) is 6.94. The molecule has 3 N–H and O–H groups in total. The van der Waals surface area contributed by atoms with Gasteiger partial charge in [0.25, 0.3) is 0 Å². The Morgan fingerprint density at radius 1 is 1.57 bits per heavy atom. The molecule has 0 spiro atoms. The number of amides is 1. The van der Waals surface area contributed by atoms with Crippen molar-refractivity contribution >= 4 is 12.4 Å². The average Bonchev–Trinajstić information content (AvgIpc) is 2.14. The van der Waals surface area contributed by atoms with Crippen LogP contribution in [0.15, 0.2) is 11.8 Å². The van der Waals surface area contributed by atoms with E-state index in [1.165, 1.54) is 0 Å². The molecule has 0 heterocycles. The van der Waals surface area contributed by atoms with E-state index in [0.29, 0.717) is 12.0 Å². The molecule has 5 nitrogen and oxygen atoms in total. The van der Waals surface area contributed by atoms with E-state index in [4.69, 9.17) is 10.8 Å². The van der Waals surface area contributed by atoms with Crippen molar-refractivity contribution in [2.75, 3.05) is 13.1 Å². The van der Waals surface area contributed by atoms with Crippen LogP contribution in [-0.4, -0.2) is 35.5 Å². The monoisotopic (exact) mass is 200 g/mol. The summed E-state index contributed by atoms with van der Waals surface area (Å²) in [7, 11) is 0. The van der Waals surface area contributed by atoms with Gasteiger partial charge in [0.15, 0.2) is 0 Å². The molecular formula is C9H16N2O3. The molecule has 0 aromatic rings. The van der Waals surface area contributed by atoms with Gasteiger partial charge in [0.2, 0.25) is 0 Å². The molecule has 0 rings (SSSR count). The van der Waals surface area contributed by atoms with Gasteiger partial charge in [0.05, 0.1) is 13.1 Å². The van der Waals surface area contributed by atoms with Crippen molar-refractivity contribution < 1.29 is 14.7 Å². The summed E-state index contributed by atoms with van der Waals surface area (Å²) >= 11 is 0. The second-order valence-electron chi connectivity index (χ2n) is 2.90. The van der Waals surface area contributed by atoms with Gasteiger partial charge >= 0.3 is 6.09 Å². The maximum absolute atomic E-state index is 10.6. The first-order valence-electron chi connectivity index (χ1n) is 4.47. The van der Waals surface area contributed by atoms with Gasteiger partial charge in [-0.2, -0.15) is 0 Å². The van der Waals surface area contributed by atoms with Gasteiger partial charge in [-0.05, 0) is 6.42 Å². The number of hydrogen-bond acceptors (Lipinski definition) is 3. The molecule has 0 aromatic heterocycles. The molecule has 0 aliphatic rings. The van der Waals surface area contributed by atoms with Gasteiger partial charge in [-0.15, -0.1) is 0 Å². The lowest BCUT2D eigenvalue weighted by Crippen LogP contribution is -2.34. The molecule has 0 radical (unpaired) electrons. The number of unbranched alkanes of at least 4 members (excludes halogenated alkanes) is 1. The van der Waals surface area contributed by atoms with Crippen LogP contribution in [-0.2, 0) is 4.79 Å². The SMILES string of the molecule is CCC/C=C(/N)CN(CC=O)C(=O)O. The lowest BCUT2D eigenvalue weighted by Gasteiger charge is -2.15. The molecule has 14 heavy (non-hydrogen) atoms. The zero-order chi connectivity index (χ0) is 11.0. The van der Waals surface area contributed by atoms with Crippen molar-refractivity contribution in [1.29, 1.82) is 0 Å². The highest BCUT2D eigenvalue weighted by Gasteiger charge is 2.10. The summed E-state index contributed by atoms with van der Waals surface area (Å²) in [6.45, 7) is 1.95. The van der Waals surface area contributed by atoms with Crippen LogP contribution >= 0.6 is 0 Å². The summed E-state index contributed by atoms with van der Waals surface area (Å²) < 4.78 is 0. The highest BCUT2D eigenvalue weighted by atomic mass is 16.4. The molecule has 0 atom stereocenters. The van der Waals surface area contributed by atoms with Crippen LogP contribution in [0.1, 0.15) is 19.8 Å². The van der Waals surface area contributed by atoms with Crippen LogP contribution in [0.25, 0.3) is 0 Å². The number of rotatable bonds is 6. The number of carbonyl (C=O) groups excluding carboxylic acids is 1. The van der Waals surface area contributed by atoms with Crippen molar-refractivity contribution in [3.63, 3.8) is 0 Å². The topological polar surface area (TPSA) is 83.6 Å². The molecule has 0 saturated carbocycles. The number of carboxylic acid groups (broad SMARTS) is 1. The van der Waals surface area contributed by atoms with E-state index >= 15 is 0 Å². The van der Waals surface area contributed by atoms with Crippen LogP contribution < -0.4 is 5.73 Å². The minimum atomic E-state index is -1.13. The molecule has 5 heteroatoms. The lowest BCUT2D eigenvalue weighted by molar-refractivity contribution is -0.108. The van der Waals surface area contributed by atoms with Crippen LogP contribution in [0.5, 0.6) is 0 Å². The quantitative estimate of drug-likeness (QED) is 0.621. The van der Waals surface area contributed by atoms with Gasteiger partial charge in [-0.1, -0.05) is 19.4 Å². The van der Waals surface area contributed by atoms with Gasteiger partial charge in [-0.3, -0.25) is 4.90 Å². The predicted octanol–water partition coefficient (Wildman–Crippen LogP) is 0.808. The van der Waals surface area contributed by atoms with E-state index in [1.54, 1.807) is 6.08 Å². The molecule has 0 fully saturated rings. The first kappa shape index (κ1) is 12.5. The summed E-state index contributed by atoms with van der Waals surface area (Å²) in [5, 5.41) is 8.66. The Kier molecular flexibility index (Phi) is 6.19. The molecule has 1 amide bonds. The number of hydrogen-bond donors (Lipinski definition) is 2. The summed E-state index contributed by atoms with van der Waals surface area (Å²) in [4.78, 5) is 21.7. The number of carbonyl (C=O) groups is 2. The van der Waals surface area contributed by atoms with Crippen LogP contribution in [0.2, 0.25) is 0 Å². The minimum Gasteiger partial charge on any atom is -0.465 e. The largest absolute Gasteiger partial charge is 0.465 e. The van der Waals surface area contributed by atoms with E-state index in [-0.39, 0.29) is 13.1 Å². The fourth-order valence-electron chi connectivity index (χ4n) is 0.915. The molecule has 0 unspecified atom stereocenters. The lowest BCUT2D eigenvalue weighted by atomic mass is 10.3. The van der Waals surface area contributed by atoms with Crippen molar-refractivity contribution in [3.05, 3.63) is 11.8 Å². The maximum atomic E-state index is 10.6. The molecular weight excluding hydrogens is 184 g/mol. The van der Waals surface area contributed by atoms with Gasteiger partial charge in [-0.25, -0.2) is 4.79 Å². The Labute approximate surface area is 83.2 Å². The van der Waals surface area contributed by atoms with Crippen molar-refractivity contribution in [2.24, 2.45) is 5.73 Å². The third-order valence-electron chi connectivity index (χ3n) is 1.63. The van der Waals surface area contributed by atoms with Crippen LogP contribution in [0, 0.1) is 0 Å². The van der Waals surface area contributed by atoms with Crippen LogP contribution in [0.4, 0.5) is 4.79 Å². The molecule has 80 valence electrons. The van der Waals surface area contributed by atoms with E-state index in [9.17, 15) is 9.59 Å². The third-order valence-corrected chi connectivity index (χ3v) is 1.63. The Hall–Kier alpha value is -1.52. The maximum Gasteiger partial charge on any atom is 0.408 e. The number of nitrogens with two attached hydrogens (primary N) is 1. The summed E-state index contributed by atoms with van der Waals surface area (Å²) in [6, 6.07) is 0. The van der Waals surface area contributed by atoms with Crippen molar-refractivity contribution in [3.8, 4) is 0 Å². The van der Waals surface area contributed by atoms with E-state index < -0.39 is 6.09 Å². The zero-order valence-corrected chi connectivity index (χ0v) is 8.27. The normalized spacial score (nSPS) is 11.1. The zero-order valence-electron chi connectivity index (χ0n) is 8.27. The van der Waals surface area contributed by atoms with Gasteiger partial charge in [0.1, 0.15) is 6.29 Å². The fraction of sp³-hybridized carbons (Fsp3) is 0.556. The summed E-state index contributed by atoms with van der Waals surface area (Å²) in [5.41, 5.74) is 6.05. The number of allylic oxidation sites excluding steroid dienone is 1. The first-order valence-corrected chi connectivity index (χ1v) is 4.47. The summed E-state index contributed by atoms with van der Waals surface area (Å²) in [6.07, 6.45) is 2.97. The smallest absolute Gasteiger partial charge is 0.408 e. The van der Waals surface area contributed by atoms with Gasteiger partial charge < -0.3 is 15.6 Å². The standard InChI is InChI=1S/C9H16N2O3/c1-2-3-4-8(10)7-11(5-6-12)9(13)14/h4,6H,2-3,5,7,10H2,1H3,(H,13,14)/b8-4+. The van der Waals surface area contributed by atoms with Crippen LogP contribution in [0.3, 0.4) is 0 Å². The number of aldehydes is 1. The molecule has 0 aliphatic heterocycles. The first-order chi connectivity index (χ1) is 6.61. The Morgan fingerprint density at radius 2 is 2.21 bits per heavy atom. The second-order valence-corrected chi connectivity index (χ2v) is 2.90. The molecule has 0 aliphatic carbocycles. The Morgan fingerprint density at radius 3 is 2.64 bits per heavy atom. The molecule has 0 saturated heterocycles. The average molecular weight is 200 g/mol. The minimum absolute atomic E-state index is 0.0913. The van der Waals surface area contributed by atoms with E-state index in [1.807, 2.05) is 6.92 Å².